The van der Waals surface area contributed by atoms with Gasteiger partial charge in [0.2, 0.25) is 5.91 Å². The first-order valence-electron chi connectivity index (χ1n) is 6.52. The number of aryl methyl sites for hydroxylation is 1. The lowest BCUT2D eigenvalue weighted by atomic mass is 9.90. The summed E-state index contributed by atoms with van der Waals surface area (Å²) in [4.78, 5) is 11.2. The number of ether oxygens (including phenoxy) is 1. The van der Waals surface area contributed by atoms with E-state index in [1.807, 2.05) is 13.2 Å². The lowest BCUT2D eigenvalue weighted by Gasteiger charge is -2.42. The number of nitrogens with one attached hydrogen (secondary N) is 2. The first kappa shape index (κ1) is 15.0. The molecular formula is C12H21N3O5. The van der Waals surface area contributed by atoms with E-state index < -0.39 is 37.1 Å². The highest BCUT2D eigenvalue weighted by molar-refractivity contribution is 5.73. The minimum absolute atomic E-state index is 0.315. The van der Waals surface area contributed by atoms with Crippen LogP contribution in [0.1, 0.15) is 12.6 Å². The van der Waals surface area contributed by atoms with Gasteiger partial charge in [0.15, 0.2) is 0 Å². The second-order valence-electron chi connectivity index (χ2n) is 5.18. The Morgan fingerprint density at radius 1 is 1.45 bits per heavy atom. The molecule has 5 atom stereocenters. The van der Waals surface area contributed by atoms with Crippen LogP contribution < -0.4 is 5.32 Å². The van der Waals surface area contributed by atoms with E-state index >= 15 is 0 Å². The third-order valence-electron chi connectivity index (χ3n) is 3.49. The van der Waals surface area contributed by atoms with Crippen LogP contribution in [0.4, 0.5) is 0 Å². The summed E-state index contributed by atoms with van der Waals surface area (Å²) in [6, 6.07) is -0.723. The Morgan fingerprint density at radius 3 is 2.60 bits per heavy atom. The monoisotopic (exact) mass is 287 g/mol. The van der Waals surface area contributed by atoms with Crippen molar-refractivity contribution in [1.82, 2.24) is 15.1 Å². The topological polar surface area (TPSA) is 120 Å². The van der Waals surface area contributed by atoms with Crippen molar-refractivity contribution in [3.8, 4) is 0 Å². The fraction of sp³-hybridized carbons (Fsp3) is 0.750. The Bertz CT molecular complexity index is 445. The van der Waals surface area contributed by atoms with Gasteiger partial charge in [-0.15, -0.1) is 0 Å². The maximum absolute atomic E-state index is 11.2. The van der Waals surface area contributed by atoms with Crippen molar-refractivity contribution in [2.45, 2.75) is 43.8 Å². The quantitative estimate of drug-likeness (QED) is 0.434. The summed E-state index contributed by atoms with van der Waals surface area (Å²) in [6.45, 7) is 0.941. The fourth-order valence-corrected chi connectivity index (χ4v) is 2.55. The van der Waals surface area contributed by atoms with Gasteiger partial charge in [-0.25, -0.2) is 0 Å². The number of amides is 1. The Hall–Kier alpha value is -1.35. The Kier molecular flexibility index (Phi) is 4.48. The number of aromatic nitrogens is 2. The lowest BCUT2D eigenvalue weighted by molar-refractivity contribution is -0.195. The first-order valence-corrected chi connectivity index (χ1v) is 6.52. The molecule has 20 heavy (non-hydrogen) atoms. The summed E-state index contributed by atoms with van der Waals surface area (Å²) >= 11 is 0. The number of aliphatic hydroxyl groups excluding tert-OH is 3. The van der Waals surface area contributed by atoms with Gasteiger partial charge in [-0.3, -0.25) is 9.48 Å². The fourth-order valence-electron chi connectivity index (χ4n) is 2.55. The molecule has 1 aromatic rings. The molecule has 1 aliphatic heterocycles. The maximum atomic E-state index is 11.2. The van der Waals surface area contributed by atoms with E-state index in [0.717, 1.165) is 5.69 Å². The van der Waals surface area contributed by atoms with Gasteiger partial charge in [0, 0.05) is 26.6 Å². The Morgan fingerprint density at radius 2 is 2.10 bits per heavy atom. The van der Waals surface area contributed by atoms with Gasteiger partial charge in [0.05, 0.1) is 24.4 Å². The van der Waals surface area contributed by atoms with Crippen molar-refractivity contribution in [1.29, 1.82) is 0 Å². The van der Waals surface area contributed by atoms with Crippen molar-refractivity contribution in [2.24, 2.45) is 7.05 Å². The molecular weight excluding hydrogens is 266 g/mol. The van der Waals surface area contributed by atoms with Crippen molar-refractivity contribution in [3.63, 3.8) is 0 Å². The van der Waals surface area contributed by atoms with Gasteiger partial charge in [-0.2, -0.15) is 0 Å². The largest absolute Gasteiger partial charge is 0.394 e. The summed E-state index contributed by atoms with van der Waals surface area (Å²) in [6.07, 6.45) is -1.51. The first-order chi connectivity index (χ1) is 9.42. The van der Waals surface area contributed by atoms with Gasteiger partial charge < -0.3 is 30.5 Å². The molecule has 8 nitrogen and oxygen atoms in total. The molecule has 2 rings (SSSR count). The minimum Gasteiger partial charge on any atom is -0.394 e. The van der Waals surface area contributed by atoms with E-state index in [0.29, 0.717) is 6.42 Å². The number of hydrogen-bond acceptors (Lipinski definition) is 5. The molecule has 1 aromatic heterocycles. The maximum Gasteiger partial charge on any atom is 0.217 e. The third kappa shape index (κ3) is 3.04. The van der Waals surface area contributed by atoms with Crippen molar-refractivity contribution in [2.75, 3.05) is 6.61 Å². The zero-order valence-electron chi connectivity index (χ0n) is 11.5. The molecule has 0 radical (unpaired) electrons. The van der Waals surface area contributed by atoms with E-state index in [1.165, 1.54) is 6.92 Å². The number of aliphatic hydroxyl groups is 3. The predicted octanol–water partition coefficient (Wildman–Crippen LogP) is -2.12. The summed E-state index contributed by atoms with van der Waals surface area (Å²) in [5, 5.41) is 34.8. The summed E-state index contributed by atoms with van der Waals surface area (Å²) in [5.41, 5.74) is 0.896. The summed E-state index contributed by atoms with van der Waals surface area (Å²) in [7, 11) is 1.84. The SMILES string of the molecule is CC(=O)NC1[C@H](Cc2cn(C)[nH]2)O[C@H](CO)[C@H](O)[C@@H]1O. The highest BCUT2D eigenvalue weighted by Crippen LogP contribution is 2.23. The molecule has 1 saturated heterocycles. The number of H-pyrrole nitrogens is 1. The van der Waals surface area contributed by atoms with E-state index in [4.69, 9.17) is 4.74 Å². The zero-order valence-corrected chi connectivity index (χ0v) is 11.5. The van der Waals surface area contributed by atoms with Gasteiger partial charge in [-0.05, 0) is 0 Å². The van der Waals surface area contributed by atoms with Crippen molar-refractivity contribution in [3.05, 3.63) is 11.9 Å². The van der Waals surface area contributed by atoms with Crippen LogP contribution in [0.5, 0.6) is 0 Å². The van der Waals surface area contributed by atoms with Crippen molar-refractivity contribution >= 4 is 5.91 Å². The molecule has 114 valence electrons. The van der Waals surface area contributed by atoms with Crippen LogP contribution >= 0.6 is 0 Å². The number of nitrogens with zero attached hydrogens (tertiary/aromatic N) is 1. The van der Waals surface area contributed by atoms with Gasteiger partial charge >= 0.3 is 0 Å². The van der Waals surface area contributed by atoms with Gasteiger partial charge in [0.1, 0.15) is 18.3 Å². The van der Waals surface area contributed by atoms with Crippen LogP contribution in [0, 0.1) is 0 Å². The highest BCUT2D eigenvalue weighted by Gasteiger charge is 2.44. The molecule has 0 spiro atoms. The van der Waals surface area contributed by atoms with E-state index in [2.05, 4.69) is 10.4 Å². The van der Waals surface area contributed by atoms with E-state index in [-0.39, 0.29) is 5.91 Å². The van der Waals surface area contributed by atoms with Gasteiger partial charge in [0.25, 0.3) is 0 Å². The van der Waals surface area contributed by atoms with E-state index in [1.54, 1.807) is 4.68 Å². The van der Waals surface area contributed by atoms with Crippen LogP contribution in [0.3, 0.4) is 0 Å². The third-order valence-corrected chi connectivity index (χ3v) is 3.49. The molecule has 1 amide bonds. The van der Waals surface area contributed by atoms with Crippen LogP contribution in [-0.4, -0.2) is 68.1 Å². The summed E-state index contributed by atoms with van der Waals surface area (Å²) < 4.78 is 7.36. The van der Waals surface area contributed by atoms with Crippen molar-refractivity contribution < 1.29 is 24.9 Å². The molecule has 1 aliphatic rings. The zero-order chi connectivity index (χ0) is 14.9. The Balaban J connectivity index is 2.12. The Labute approximate surface area is 116 Å². The highest BCUT2D eigenvalue weighted by atomic mass is 16.5. The number of carbonyl (C=O) groups excluding carboxylic acids is 1. The second kappa shape index (κ2) is 5.96. The molecule has 1 unspecified atom stereocenters. The van der Waals surface area contributed by atoms with E-state index in [9.17, 15) is 20.1 Å². The summed E-state index contributed by atoms with van der Waals surface area (Å²) in [5.74, 6) is -0.315. The van der Waals surface area contributed by atoms with Gasteiger partial charge in [-0.1, -0.05) is 0 Å². The lowest BCUT2D eigenvalue weighted by Crippen LogP contribution is -2.64. The number of rotatable bonds is 4. The van der Waals surface area contributed by atoms with Crippen LogP contribution in [0.15, 0.2) is 6.20 Å². The molecule has 0 bridgehead atoms. The molecule has 8 heteroatoms. The van der Waals surface area contributed by atoms with Crippen LogP contribution in [0.2, 0.25) is 0 Å². The molecule has 0 aromatic carbocycles. The number of aromatic amines is 1. The minimum atomic E-state index is -1.24. The number of hydrogen-bond donors (Lipinski definition) is 5. The molecule has 2 heterocycles. The average Bonchev–Trinajstić information content (AvgIpc) is 2.35. The normalized spacial score (nSPS) is 34.1. The molecule has 5 N–H and O–H groups in total. The second-order valence-corrected chi connectivity index (χ2v) is 5.18. The van der Waals surface area contributed by atoms with Crippen LogP contribution in [0.25, 0.3) is 0 Å². The van der Waals surface area contributed by atoms with Crippen LogP contribution in [-0.2, 0) is 23.0 Å². The smallest absolute Gasteiger partial charge is 0.217 e. The molecule has 0 saturated carbocycles. The standard InChI is InChI=1S/C12H21N3O5/c1-6(17)13-10-8(3-7-4-15(2)14-7)20-9(5-16)11(18)12(10)19/h4,8-12,14,16,18-19H,3,5H2,1-2H3,(H,13,17)/t8-,9+,10?,11-,12+/m0/s1. The molecule has 0 aliphatic carbocycles. The molecule has 1 fully saturated rings. The average molecular weight is 287 g/mol. The predicted molar refractivity (Wildman–Crippen MR) is 68.8 cm³/mol. The number of carbonyl (C=O) groups is 1.